The van der Waals surface area contributed by atoms with Crippen molar-refractivity contribution in [3.63, 3.8) is 0 Å². The zero-order chi connectivity index (χ0) is 15.5. The van der Waals surface area contributed by atoms with Crippen LogP contribution in [0.15, 0.2) is 6.33 Å². The van der Waals surface area contributed by atoms with Gasteiger partial charge in [-0.2, -0.15) is 4.98 Å². The summed E-state index contributed by atoms with van der Waals surface area (Å²) in [6, 6.07) is 0. The van der Waals surface area contributed by atoms with E-state index in [1.165, 1.54) is 19.2 Å². The van der Waals surface area contributed by atoms with Crippen molar-refractivity contribution in [3.8, 4) is 0 Å². The zero-order valence-electron chi connectivity index (χ0n) is 13.3. The predicted octanol–water partition coefficient (Wildman–Crippen LogP) is 1.13. The summed E-state index contributed by atoms with van der Waals surface area (Å²) in [5, 5.41) is 15.4. The Morgan fingerprint density at radius 1 is 1.13 bits per heavy atom. The third-order valence-corrected chi connectivity index (χ3v) is 3.53. The third kappa shape index (κ3) is 4.08. The second kappa shape index (κ2) is 7.56. The van der Waals surface area contributed by atoms with Crippen molar-refractivity contribution in [3.05, 3.63) is 6.33 Å². The summed E-state index contributed by atoms with van der Waals surface area (Å²) in [5.74, 6) is 2.68. The number of rotatable bonds is 7. The number of aliphatic hydroxyl groups excluding tert-OH is 1. The van der Waals surface area contributed by atoms with Gasteiger partial charge in [0.1, 0.15) is 17.4 Å². The Bertz CT molecular complexity index is 663. The second-order valence-corrected chi connectivity index (χ2v) is 5.66. The Balaban J connectivity index is 0.00000192. The summed E-state index contributed by atoms with van der Waals surface area (Å²) in [7, 11) is 3.80. The molecule has 1 fully saturated rings. The average Bonchev–Trinajstić information content (AvgIpc) is 3.34. The fourth-order valence-electron chi connectivity index (χ4n) is 2.13. The molecule has 0 spiro atoms. The van der Waals surface area contributed by atoms with Crippen LogP contribution in [-0.2, 0) is 0 Å². The first kappa shape index (κ1) is 17.4. The zero-order valence-corrected chi connectivity index (χ0v) is 14.1. The van der Waals surface area contributed by atoms with E-state index >= 15 is 0 Å². The highest BCUT2D eigenvalue weighted by Gasteiger charge is 2.22. The summed E-state index contributed by atoms with van der Waals surface area (Å²) in [5.41, 5.74) is 1.36. The fourth-order valence-corrected chi connectivity index (χ4v) is 2.13. The molecule has 0 bridgehead atoms. The topological polar surface area (TPSA) is 99.1 Å². The molecule has 23 heavy (non-hydrogen) atoms. The van der Waals surface area contributed by atoms with Gasteiger partial charge in [0.25, 0.3) is 0 Å². The SMILES string of the molecule is CN(C)c1nc(NCC2CC2)c2ncnc(NCCO)c2n1.Cl. The molecule has 0 aliphatic heterocycles. The standard InChI is InChI=1S/C14H21N7O.ClH/c1-21(2)14-19-11-10(13(20-14)16-7-9-3-4-9)17-8-18-12(11)15-5-6-22;/h8-9,22H,3-7H2,1-2H3,(H,15,17,18)(H,16,19,20);1H. The number of nitrogens with one attached hydrogen (secondary N) is 2. The lowest BCUT2D eigenvalue weighted by molar-refractivity contribution is 0.311. The van der Waals surface area contributed by atoms with Crippen LogP contribution in [0.1, 0.15) is 12.8 Å². The molecule has 9 heteroatoms. The molecule has 0 radical (unpaired) electrons. The molecule has 1 saturated carbocycles. The molecule has 2 aromatic rings. The van der Waals surface area contributed by atoms with E-state index in [1.54, 1.807) is 0 Å². The van der Waals surface area contributed by atoms with E-state index in [-0.39, 0.29) is 19.0 Å². The molecular weight excluding hydrogens is 318 g/mol. The molecular formula is C14H22ClN7O. The lowest BCUT2D eigenvalue weighted by Gasteiger charge is -2.15. The van der Waals surface area contributed by atoms with Gasteiger partial charge in [0.15, 0.2) is 11.6 Å². The van der Waals surface area contributed by atoms with Gasteiger partial charge in [-0.1, -0.05) is 0 Å². The number of fused-ring (bicyclic) bond motifs is 1. The minimum absolute atomic E-state index is 0. The Morgan fingerprint density at radius 2 is 1.91 bits per heavy atom. The summed E-state index contributed by atoms with van der Waals surface area (Å²) >= 11 is 0. The maximum Gasteiger partial charge on any atom is 0.227 e. The number of aromatic nitrogens is 4. The highest BCUT2D eigenvalue weighted by Crippen LogP contribution is 2.30. The van der Waals surface area contributed by atoms with Crippen LogP contribution < -0.4 is 15.5 Å². The van der Waals surface area contributed by atoms with Crippen LogP contribution in [0.25, 0.3) is 11.0 Å². The molecule has 3 rings (SSSR count). The third-order valence-electron chi connectivity index (χ3n) is 3.53. The van der Waals surface area contributed by atoms with Crippen LogP contribution >= 0.6 is 12.4 Å². The lowest BCUT2D eigenvalue weighted by Crippen LogP contribution is -2.16. The van der Waals surface area contributed by atoms with Crippen LogP contribution in [0.3, 0.4) is 0 Å². The van der Waals surface area contributed by atoms with Gasteiger partial charge in [-0.25, -0.2) is 15.0 Å². The smallest absolute Gasteiger partial charge is 0.227 e. The number of hydrogen-bond donors (Lipinski definition) is 3. The van der Waals surface area contributed by atoms with E-state index in [4.69, 9.17) is 5.11 Å². The van der Waals surface area contributed by atoms with Gasteiger partial charge >= 0.3 is 0 Å². The number of halogens is 1. The van der Waals surface area contributed by atoms with E-state index in [2.05, 4.69) is 30.6 Å². The number of nitrogens with zero attached hydrogens (tertiary/aromatic N) is 5. The Kier molecular flexibility index (Phi) is 5.73. The van der Waals surface area contributed by atoms with Crippen molar-refractivity contribution in [1.29, 1.82) is 0 Å². The molecule has 0 unspecified atom stereocenters. The second-order valence-electron chi connectivity index (χ2n) is 5.66. The van der Waals surface area contributed by atoms with Crippen LogP contribution in [-0.4, -0.2) is 58.8 Å². The molecule has 1 aliphatic rings. The van der Waals surface area contributed by atoms with Gasteiger partial charge < -0.3 is 20.6 Å². The van der Waals surface area contributed by atoms with Crippen molar-refractivity contribution in [2.24, 2.45) is 5.92 Å². The minimum Gasteiger partial charge on any atom is -0.395 e. The highest BCUT2D eigenvalue weighted by atomic mass is 35.5. The molecule has 0 aromatic carbocycles. The first-order valence-corrected chi connectivity index (χ1v) is 7.47. The summed E-state index contributed by atoms with van der Waals surface area (Å²) < 4.78 is 0. The molecule has 0 atom stereocenters. The van der Waals surface area contributed by atoms with Crippen LogP contribution in [0.2, 0.25) is 0 Å². The highest BCUT2D eigenvalue weighted by molar-refractivity contribution is 5.93. The van der Waals surface area contributed by atoms with Gasteiger partial charge in [0.05, 0.1) is 6.61 Å². The molecule has 0 amide bonds. The largest absolute Gasteiger partial charge is 0.395 e. The van der Waals surface area contributed by atoms with Crippen molar-refractivity contribution < 1.29 is 5.11 Å². The molecule has 1 aliphatic carbocycles. The number of anilines is 3. The van der Waals surface area contributed by atoms with E-state index in [1.807, 2.05) is 19.0 Å². The van der Waals surface area contributed by atoms with Crippen LogP contribution in [0.5, 0.6) is 0 Å². The Hall–Kier alpha value is -1.93. The number of hydrogen-bond acceptors (Lipinski definition) is 8. The normalized spacial score (nSPS) is 13.5. The van der Waals surface area contributed by atoms with Gasteiger partial charge in [0.2, 0.25) is 5.95 Å². The Morgan fingerprint density at radius 3 is 2.57 bits per heavy atom. The predicted molar refractivity (Wildman–Crippen MR) is 93.5 cm³/mol. The first-order chi connectivity index (χ1) is 10.7. The molecule has 3 N–H and O–H groups in total. The molecule has 8 nitrogen and oxygen atoms in total. The van der Waals surface area contributed by atoms with E-state index < -0.39 is 0 Å². The van der Waals surface area contributed by atoms with Crippen LogP contribution in [0, 0.1) is 5.92 Å². The monoisotopic (exact) mass is 339 g/mol. The molecule has 126 valence electrons. The van der Waals surface area contributed by atoms with Crippen molar-refractivity contribution >= 4 is 41.0 Å². The maximum absolute atomic E-state index is 8.99. The number of aliphatic hydroxyl groups is 1. The molecule has 2 aromatic heterocycles. The minimum atomic E-state index is 0. The molecule has 2 heterocycles. The lowest BCUT2D eigenvalue weighted by atomic mass is 10.3. The van der Waals surface area contributed by atoms with Crippen molar-refractivity contribution in [1.82, 2.24) is 19.9 Å². The van der Waals surface area contributed by atoms with E-state index in [0.29, 0.717) is 29.3 Å². The van der Waals surface area contributed by atoms with Gasteiger partial charge in [-0.3, -0.25) is 0 Å². The van der Waals surface area contributed by atoms with Crippen molar-refractivity contribution in [2.75, 3.05) is 49.3 Å². The van der Waals surface area contributed by atoms with Crippen molar-refractivity contribution in [2.45, 2.75) is 12.8 Å². The first-order valence-electron chi connectivity index (χ1n) is 7.47. The van der Waals surface area contributed by atoms with Gasteiger partial charge in [-0.15, -0.1) is 12.4 Å². The molecule has 0 saturated heterocycles. The summed E-state index contributed by atoms with van der Waals surface area (Å²) in [6.45, 7) is 1.35. The van der Waals surface area contributed by atoms with E-state index in [9.17, 15) is 0 Å². The van der Waals surface area contributed by atoms with Crippen LogP contribution in [0.4, 0.5) is 17.6 Å². The average molecular weight is 340 g/mol. The van der Waals surface area contributed by atoms with Gasteiger partial charge in [-0.05, 0) is 18.8 Å². The summed E-state index contributed by atoms with van der Waals surface area (Å²) in [6.07, 6.45) is 4.03. The summed E-state index contributed by atoms with van der Waals surface area (Å²) in [4.78, 5) is 19.5. The quantitative estimate of drug-likeness (QED) is 0.690. The van der Waals surface area contributed by atoms with Gasteiger partial charge in [0, 0.05) is 27.2 Å². The maximum atomic E-state index is 8.99. The fraction of sp³-hybridized carbons (Fsp3) is 0.571. The van der Waals surface area contributed by atoms with E-state index in [0.717, 1.165) is 18.3 Å². The Labute approximate surface area is 141 Å².